The number of rotatable bonds is 5. The molecule has 3 rings (SSSR count). The maximum Gasteiger partial charge on any atom is 0.339 e. The van der Waals surface area contributed by atoms with Crippen LogP contribution < -0.4 is 10.3 Å². The molecule has 2 atom stereocenters. The SMILES string of the molecule is NC(=O)c1ccc[n+](C2CCC(COC(=O)c3cccnc3)O2)c1. The van der Waals surface area contributed by atoms with Crippen LogP contribution in [0.4, 0.5) is 0 Å². The zero-order valence-electron chi connectivity index (χ0n) is 13.0. The van der Waals surface area contributed by atoms with Crippen LogP contribution >= 0.6 is 0 Å². The van der Waals surface area contributed by atoms with Gasteiger partial charge in [-0.25, -0.2) is 4.79 Å². The smallest absolute Gasteiger partial charge is 0.339 e. The summed E-state index contributed by atoms with van der Waals surface area (Å²) in [5, 5.41) is 0. The minimum Gasteiger partial charge on any atom is -0.459 e. The first-order valence-electron chi connectivity index (χ1n) is 7.66. The first-order valence-corrected chi connectivity index (χ1v) is 7.66. The molecule has 124 valence electrons. The van der Waals surface area contributed by atoms with Crippen LogP contribution in [0.2, 0.25) is 0 Å². The molecular weight excluding hydrogens is 310 g/mol. The molecule has 1 aliphatic rings. The van der Waals surface area contributed by atoms with Crippen molar-refractivity contribution < 1.29 is 23.6 Å². The van der Waals surface area contributed by atoms with Crippen LogP contribution in [0, 0.1) is 0 Å². The molecule has 1 fully saturated rings. The molecule has 2 aromatic heterocycles. The summed E-state index contributed by atoms with van der Waals surface area (Å²) < 4.78 is 13.0. The van der Waals surface area contributed by atoms with Crippen molar-refractivity contribution in [3.63, 3.8) is 0 Å². The number of esters is 1. The first kappa shape index (κ1) is 16.1. The summed E-state index contributed by atoms with van der Waals surface area (Å²) in [5.74, 6) is -0.900. The first-order chi connectivity index (χ1) is 11.6. The van der Waals surface area contributed by atoms with E-state index in [9.17, 15) is 9.59 Å². The third kappa shape index (κ3) is 3.75. The summed E-state index contributed by atoms with van der Waals surface area (Å²) in [6.07, 6.45) is 7.69. The molecule has 0 spiro atoms. The molecule has 1 amide bonds. The number of pyridine rings is 2. The molecule has 2 unspecified atom stereocenters. The van der Waals surface area contributed by atoms with E-state index in [0.717, 1.165) is 12.8 Å². The molecule has 7 nitrogen and oxygen atoms in total. The summed E-state index contributed by atoms with van der Waals surface area (Å²) in [5.41, 5.74) is 6.13. The Kier molecular flexibility index (Phi) is 4.81. The van der Waals surface area contributed by atoms with Crippen molar-refractivity contribution in [3.05, 3.63) is 60.2 Å². The Hall–Kier alpha value is -2.80. The van der Waals surface area contributed by atoms with Crippen LogP contribution in [0.3, 0.4) is 0 Å². The maximum absolute atomic E-state index is 11.9. The van der Waals surface area contributed by atoms with E-state index >= 15 is 0 Å². The molecule has 0 radical (unpaired) electrons. The van der Waals surface area contributed by atoms with Gasteiger partial charge in [0.1, 0.15) is 12.2 Å². The van der Waals surface area contributed by atoms with Crippen molar-refractivity contribution in [2.45, 2.75) is 25.2 Å². The number of nitrogens with zero attached hydrogens (tertiary/aromatic N) is 2. The molecular formula is C17H18N3O4+. The van der Waals surface area contributed by atoms with Crippen LogP contribution in [-0.2, 0) is 9.47 Å². The molecule has 0 aliphatic carbocycles. The number of carbonyl (C=O) groups is 2. The van der Waals surface area contributed by atoms with Crippen molar-refractivity contribution in [2.75, 3.05) is 6.61 Å². The summed E-state index contributed by atoms with van der Waals surface area (Å²) >= 11 is 0. The van der Waals surface area contributed by atoms with Gasteiger partial charge >= 0.3 is 5.97 Å². The lowest BCUT2D eigenvalue weighted by atomic mass is 10.2. The second-order valence-electron chi connectivity index (χ2n) is 5.53. The second kappa shape index (κ2) is 7.18. The predicted octanol–water partition coefficient (Wildman–Crippen LogP) is 1.00. The highest BCUT2D eigenvalue weighted by molar-refractivity contribution is 5.92. The third-order valence-electron chi connectivity index (χ3n) is 3.82. The van der Waals surface area contributed by atoms with E-state index in [1.165, 1.54) is 6.20 Å². The predicted molar refractivity (Wildman–Crippen MR) is 82.8 cm³/mol. The fourth-order valence-corrected chi connectivity index (χ4v) is 2.58. The van der Waals surface area contributed by atoms with Gasteiger partial charge < -0.3 is 15.2 Å². The number of aromatic nitrogens is 2. The van der Waals surface area contributed by atoms with Crippen molar-refractivity contribution in [3.8, 4) is 0 Å². The van der Waals surface area contributed by atoms with E-state index in [4.69, 9.17) is 15.2 Å². The average molecular weight is 328 g/mol. The Labute approximate surface area is 139 Å². The summed E-state index contributed by atoms with van der Waals surface area (Å²) in [4.78, 5) is 27.0. The molecule has 7 heteroatoms. The van der Waals surface area contributed by atoms with Crippen molar-refractivity contribution >= 4 is 11.9 Å². The van der Waals surface area contributed by atoms with Crippen molar-refractivity contribution in [1.82, 2.24) is 4.98 Å². The van der Waals surface area contributed by atoms with Gasteiger partial charge in [-0.2, -0.15) is 4.57 Å². The number of amides is 1. The van der Waals surface area contributed by atoms with E-state index < -0.39 is 11.9 Å². The number of hydrogen-bond donors (Lipinski definition) is 1. The van der Waals surface area contributed by atoms with Gasteiger partial charge in [-0.3, -0.25) is 9.78 Å². The quantitative estimate of drug-likeness (QED) is 0.652. The molecule has 0 aromatic carbocycles. The summed E-state index contributed by atoms with van der Waals surface area (Å²) in [6, 6.07) is 6.74. The molecule has 0 bridgehead atoms. The van der Waals surface area contributed by atoms with Gasteiger partial charge in [-0.05, 0) is 24.6 Å². The van der Waals surface area contributed by atoms with E-state index in [0.29, 0.717) is 11.1 Å². The lowest BCUT2D eigenvalue weighted by molar-refractivity contribution is -0.759. The largest absolute Gasteiger partial charge is 0.459 e. The molecule has 0 saturated carbocycles. The highest BCUT2D eigenvalue weighted by atomic mass is 16.6. The molecule has 2 N–H and O–H groups in total. The number of primary amides is 1. The van der Waals surface area contributed by atoms with Crippen LogP contribution in [0.5, 0.6) is 0 Å². The lowest BCUT2D eigenvalue weighted by Gasteiger charge is -2.11. The highest BCUT2D eigenvalue weighted by Gasteiger charge is 2.33. The van der Waals surface area contributed by atoms with E-state index in [-0.39, 0.29) is 18.9 Å². The number of ether oxygens (including phenoxy) is 2. The number of carbonyl (C=O) groups excluding carboxylic acids is 2. The Morgan fingerprint density at radius 1 is 1.29 bits per heavy atom. The Morgan fingerprint density at radius 2 is 2.12 bits per heavy atom. The Morgan fingerprint density at radius 3 is 2.88 bits per heavy atom. The zero-order valence-corrected chi connectivity index (χ0v) is 13.0. The van der Waals surface area contributed by atoms with E-state index in [2.05, 4.69) is 4.98 Å². The number of hydrogen-bond acceptors (Lipinski definition) is 5. The van der Waals surface area contributed by atoms with Crippen molar-refractivity contribution in [2.24, 2.45) is 5.73 Å². The fraction of sp³-hybridized carbons (Fsp3) is 0.294. The molecule has 2 aromatic rings. The van der Waals surface area contributed by atoms with Gasteiger partial charge in [0.25, 0.3) is 12.1 Å². The molecule has 3 heterocycles. The van der Waals surface area contributed by atoms with Gasteiger partial charge in [0.15, 0.2) is 12.4 Å². The minimum atomic E-state index is -0.482. The normalized spacial score (nSPS) is 19.8. The zero-order chi connectivity index (χ0) is 16.9. The fourth-order valence-electron chi connectivity index (χ4n) is 2.58. The number of nitrogens with two attached hydrogens (primary N) is 1. The van der Waals surface area contributed by atoms with Gasteiger partial charge in [-0.15, -0.1) is 0 Å². The topological polar surface area (TPSA) is 95.4 Å². The Balaban J connectivity index is 1.55. The van der Waals surface area contributed by atoms with Crippen LogP contribution in [-0.4, -0.2) is 29.6 Å². The van der Waals surface area contributed by atoms with E-state index in [1.807, 2.05) is 10.8 Å². The molecule has 1 aliphatic heterocycles. The maximum atomic E-state index is 11.9. The highest BCUT2D eigenvalue weighted by Crippen LogP contribution is 2.24. The van der Waals surface area contributed by atoms with Crippen molar-refractivity contribution in [1.29, 1.82) is 0 Å². The van der Waals surface area contributed by atoms with Crippen LogP contribution in [0.1, 0.15) is 39.8 Å². The van der Waals surface area contributed by atoms with E-state index in [1.54, 1.807) is 36.7 Å². The molecule has 24 heavy (non-hydrogen) atoms. The minimum absolute atomic E-state index is 0.180. The standard InChI is InChI=1S/C17H17N3O4/c18-16(21)13-4-2-8-20(10-13)15-6-5-14(24-15)11-23-17(22)12-3-1-7-19-9-12/h1-4,7-10,14-15H,5-6,11H2,(H-,18,21)/p+1. The van der Waals surface area contributed by atoms with Gasteiger partial charge in [-0.1, -0.05) is 0 Å². The van der Waals surface area contributed by atoms with Crippen LogP contribution in [0.25, 0.3) is 0 Å². The monoisotopic (exact) mass is 328 g/mol. The average Bonchev–Trinajstić information content (AvgIpc) is 3.09. The van der Waals surface area contributed by atoms with Gasteiger partial charge in [0.2, 0.25) is 0 Å². The lowest BCUT2D eigenvalue weighted by Crippen LogP contribution is -2.40. The van der Waals surface area contributed by atoms with Gasteiger partial charge in [0.05, 0.1) is 11.7 Å². The summed E-state index contributed by atoms with van der Waals surface area (Å²) in [7, 11) is 0. The third-order valence-corrected chi connectivity index (χ3v) is 3.82. The van der Waals surface area contributed by atoms with Gasteiger partial charge in [0, 0.05) is 24.9 Å². The van der Waals surface area contributed by atoms with Crippen LogP contribution in [0.15, 0.2) is 49.1 Å². The summed E-state index contributed by atoms with van der Waals surface area (Å²) in [6.45, 7) is 0.181. The molecule has 1 saturated heterocycles. The second-order valence-corrected chi connectivity index (χ2v) is 5.53. The Bertz CT molecular complexity index is 736.